The third-order valence-electron chi connectivity index (χ3n) is 3.58. The molecule has 2 aromatic heterocycles. The van der Waals surface area contributed by atoms with Gasteiger partial charge in [0.15, 0.2) is 6.20 Å². The number of thiophene rings is 1. The van der Waals surface area contributed by atoms with Gasteiger partial charge in [0.05, 0.1) is 10.6 Å². The Morgan fingerprint density at radius 2 is 2.00 bits per heavy atom. The molecule has 0 unspecified atom stereocenters. The summed E-state index contributed by atoms with van der Waals surface area (Å²) in [6, 6.07) is 6.80. The first-order valence-electron chi connectivity index (χ1n) is 6.83. The predicted molar refractivity (Wildman–Crippen MR) is 83.3 cm³/mol. The van der Waals surface area contributed by atoms with Gasteiger partial charge >= 0.3 is 5.82 Å². The van der Waals surface area contributed by atoms with Crippen LogP contribution in [0.4, 0.5) is 11.5 Å². The number of rotatable bonds is 3. The van der Waals surface area contributed by atoms with Crippen LogP contribution >= 0.6 is 11.3 Å². The van der Waals surface area contributed by atoms with Gasteiger partial charge in [0.1, 0.15) is 0 Å². The van der Waals surface area contributed by atoms with E-state index in [1.54, 1.807) is 6.07 Å². The van der Waals surface area contributed by atoms with Gasteiger partial charge in [-0.05, 0) is 27.4 Å². The minimum atomic E-state index is -0.512. The number of anilines is 1. The average molecular weight is 318 g/mol. The van der Waals surface area contributed by atoms with Gasteiger partial charge in [-0.15, -0.1) is 11.3 Å². The second-order valence-electron chi connectivity index (χ2n) is 4.89. The van der Waals surface area contributed by atoms with Crippen molar-refractivity contribution >= 4 is 28.7 Å². The predicted octanol–water partition coefficient (Wildman–Crippen LogP) is 2.01. The fourth-order valence-electron chi connectivity index (χ4n) is 2.40. The lowest BCUT2D eigenvalue weighted by Crippen LogP contribution is -2.48. The molecule has 1 aliphatic rings. The fraction of sp³-hybridized carbons (Fsp3) is 0.286. The molecule has 0 bridgehead atoms. The van der Waals surface area contributed by atoms with Crippen LogP contribution in [0.1, 0.15) is 9.67 Å². The smallest absolute Gasteiger partial charge is 0.363 e. The van der Waals surface area contributed by atoms with E-state index in [4.69, 9.17) is 0 Å². The second kappa shape index (κ2) is 6.10. The number of nitrogens with zero attached hydrogens (tertiary/aromatic N) is 4. The topological polar surface area (TPSA) is 79.6 Å². The van der Waals surface area contributed by atoms with E-state index in [0.29, 0.717) is 26.2 Å². The normalized spacial score (nSPS) is 14.9. The van der Waals surface area contributed by atoms with Crippen molar-refractivity contribution in [2.75, 3.05) is 31.1 Å². The number of carbonyl (C=O) groups excluding carboxylic acids is 1. The number of hydrogen-bond acceptors (Lipinski definition) is 6. The number of amides is 1. The standard InChI is InChI=1S/C14H14N4O3S/c19-14(12-2-1-9-22-12)17-7-5-16(6-8-17)11-3-4-13(15-10-11)18(20)21/h1-4,9-10H,5-8H2. The molecule has 0 N–H and O–H groups in total. The molecule has 3 rings (SSSR count). The molecular formula is C14H14N4O3S. The van der Waals surface area contributed by atoms with Crippen LogP contribution in [-0.4, -0.2) is 46.9 Å². The van der Waals surface area contributed by atoms with Crippen molar-refractivity contribution in [1.82, 2.24) is 9.88 Å². The minimum Gasteiger partial charge on any atom is -0.365 e. The van der Waals surface area contributed by atoms with Gasteiger partial charge in [-0.1, -0.05) is 6.07 Å². The summed E-state index contributed by atoms with van der Waals surface area (Å²) in [4.78, 5) is 30.8. The minimum absolute atomic E-state index is 0.0662. The first kappa shape index (κ1) is 14.5. The molecule has 1 fully saturated rings. The summed E-state index contributed by atoms with van der Waals surface area (Å²) in [5.41, 5.74) is 0.842. The highest BCUT2D eigenvalue weighted by molar-refractivity contribution is 7.12. The molecular weight excluding hydrogens is 304 g/mol. The molecule has 1 aliphatic heterocycles. The Balaban J connectivity index is 1.62. The SMILES string of the molecule is O=C(c1cccs1)N1CCN(c2ccc([N+](=O)[O-])nc2)CC1. The maximum Gasteiger partial charge on any atom is 0.363 e. The van der Waals surface area contributed by atoms with Crippen molar-refractivity contribution in [2.45, 2.75) is 0 Å². The lowest BCUT2D eigenvalue weighted by molar-refractivity contribution is -0.389. The zero-order chi connectivity index (χ0) is 15.5. The number of hydrogen-bond donors (Lipinski definition) is 0. The van der Waals surface area contributed by atoms with E-state index in [9.17, 15) is 14.9 Å². The molecule has 8 heteroatoms. The van der Waals surface area contributed by atoms with Crippen LogP contribution in [0.5, 0.6) is 0 Å². The van der Waals surface area contributed by atoms with E-state index in [1.165, 1.54) is 23.6 Å². The number of nitro groups is 1. The summed E-state index contributed by atoms with van der Waals surface area (Å²) in [5.74, 6) is -0.0910. The first-order valence-corrected chi connectivity index (χ1v) is 7.71. The molecule has 2 aromatic rings. The molecule has 1 saturated heterocycles. The van der Waals surface area contributed by atoms with Crippen LogP contribution in [0.15, 0.2) is 35.8 Å². The Labute approximate surface area is 131 Å². The third-order valence-corrected chi connectivity index (χ3v) is 4.44. The maximum absolute atomic E-state index is 12.3. The largest absolute Gasteiger partial charge is 0.365 e. The van der Waals surface area contributed by atoms with E-state index in [-0.39, 0.29) is 11.7 Å². The van der Waals surface area contributed by atoms with E-state index in [0.717, 1.165) is 10.6 Å². The molecule has 0 aromatic carbocycles. The Hall–Kier alpha value is -2.48. The number of pyridine rings is 1. The average Bonchev–Trinajstić information content (AvgIpc) is 3.09. The maximum atomic E-state index is 12.3. The van der Waals surface area contributed by atoms with Crippen LogP contribution < -0.4 is 4.90 Å². The number of carbonyl (C=O) groups is 1. The van der Waals surface area contributed by atoms with Gasteiger partial charge in [0.25, 0.3) is 5.91 Å². The zero-order valence-corrected chi connectivity index (χ0v) is 12.5. The second-order valence-corrected chi connectivity index (χ2v) is 5.84. The van der Waals surface area contributed by atoms with Crippen LogP contribution in [-0.2, 0) is 0 Å². The van der Waals surface area contributed by atoms with Gasteiger partial charge in [0.2, 0.25) is 0 Å². The Bertz CT molecular complexity index is 664. The van der Waals surface area contributed by atoms with Crippen molar-refractivity contribution in [2.24, 2.45) is 0 Å². The monoisotopic (exact) mass is 318 g/mol. The molecule has 3 heterocycles. The van der Waals surface area contributed by atoms with Crippen LogP contribution in [0.3, 0.4) is 0 Å². The molecule has 0 saturated carbocycles. The van der Waals surface area contributed by atoms with Crippen molar-refractivity contribution in [3.05, 3.63) is 50.8 Å². The lowest BCUT2D eigenvalue weighted by Gasteiger charge is -2.35. The molecule has 22 heavy (non-hydrogen) atoms. The Morgan fingerprint density at radius 3 is 2.55 bits per heavy atom. The summed E-state index contributed by atoms with van der Waals surface area (Å²) < 4.78 is 0. The molecule has 0 spiro atoms. The zero-order valence-electron chi connectivity index (χ0n) is 11.7. The number of piperazine rings is 1. The van der Waals surface area contributed by atoms with Gasteiger partial charge in [-0.25, -0.2) is 0 Å². The van der Waals surface area contributed by atoms with Gasteiger partial charge in [-0.2, -0.15) is 0 Å². The number of aromatic nitrogens is 1. The van der Waals surface area contributed by atoms with Crippen LogP contribution in [0, 0.1) is 10.1 Å². The lowest BCUT2D eigenvalue weighted by atomic mass is 10.2. The summed E-state index contributed by atoms with van der Waals surface area (Å²) in [5, 5.41) is 12.5. The summed E-state index contributed by atoms with van der Waals surface area (Å²) >= 11 is 1.45. The molecule has 1 amide bonds. The first-order chi connectivity index (χ1) is 10.6. The summed E-state index contributed by atoms with van der Waals surface area (Å²) in [7, 11) is 0. The van der Waals surface area contributed by atoms with Crippen molar-refractivity contribution in [3.63, 3.8) is 0 Å². The van der Waals surface area contributed by atoms with E-state index >= 15 is 0 Å². The van der Waals surface area contributed by atoms with E-state index < -0.39 is 4.92 Å². The quantitative estimate of drug-likeness (QED) is 0.639. The van der Waals surface area contributed by atoms with Crippen LogP contribution in [0.2, 0.25) is 0 Å². The third kappa shape index (κ3) is 2.91. The highest BCUT2D eigenvalue weighted by Gasteiger charge is 2.23. The van der Waals surface area contributed by atoms with Crippen LogP contribution in [0.25, 0.3) is 0 Å². The molecule has 0 aliphatic carbocycles. The molecule has 0 atom stereocenters. The Morgan fingerprint density at radius 1 is 1.23 bits per heavy atom. The van der Waals surface area contributed by atoms with Gasteiger partial charge < -0.3 is 19.9 Å². The highest BCUT2D eigenvalue weighted by Crippen LogP contribution is 2.19. The highest BCUT2D eigenvalue weighted by atomic mass is 32.1. The summed E-state index contributed by atoms with van der Waals surface area (Å²) in [6.45, 7) is 2.65. The van der Waals surface area contributed by atoms with Crippen molar-refractivity contribution in [3.8, 4) is 0 Å². The fourth-order valence-corrected chi connectivity index (χ4v) is 3.09. The van der Waals surface area contributed by atoms with Gasteiger partial charge in [0, 0.05) is 32.2 Å². The summed E-state index contributed by atoms with van der Waals surface area (Å²) in [6.07, 6.45) is 1.51. The van der Waals surface area contributed by atoms with Gasteiger partial charge in [-0.3, -0.25) is 4.79 Å². The molecule has 114 valence electrons. The Kier molecular flexibility index (Phi) is 4.01. The molecule has 0 radical (unpaired) electrons. The molecule has 7 nitrogen and oxygen atoms in total. The van der Waals surface area contributed by atoms with E-state index in [1.807, 2.05) is 22.4 Å². The van der Waals surface area contributed by atoms with Crippen molar-refractivity contribution < 1.29 is 9.72 Å². The van der Waals surface area contributed by atoms with E-state index in [2.05, 4.69) is 9.88 Å². The van der Waals surface area contributed by atoms with Crippen molar-refractivity contribution in [1.29, 1.82) is 0 Å².